The molecule has 0 amide bonds. The van der Waals surface area contributed by atoms with Crippen LogP contribution < -0.4 is 5.32 Å². The third-order valence-electron chi connectivity index (χ3n) is 3.66. The van der Waals surface area contributed by atoms with Crippen molar-refractivity contribution in [2.24, 2.45) is 0 Å². The van der Waals surface area contributed by atoms with Crippen LogP contribution in [-0.2, 0) is 4.74 Å². The van der Waals surface area contributed by atoms with E-state index in [2.05, 4.69) is 20.7 Å². The smallest absolute Gasteiger partial charge is 0.345 e. The number of ether oxygens (including phenoxy) is 1. The Bertz CT molecular complexity index is 1120. The summed E-state index contributed by atoms with van der Waals surface area (Å²) in [5, 5.41) is 18.9. The molecule has 11 heteroatoms. The first-order chi connectivity index (χ1) is 13.6. The summed E-state index contributed by atoms with van der Waals surface area (Å²) in [6, 6.07) is 8.85. The van der Waals surface area contributed by atoms with E-state index in [1.54, 1.807) is 29.5 Å². The van der Waals surface area contributed by atoms with Crippen molar-refractivity contribution >= 4 is 62.9 Å². The van der Waals surface area contributed by atoms with Crippen molar-refractivity contribution in [2.75, 3.05) is 12.4 Å². The maximum atomic E-state index is 12.4. The first-order valence-corrected chi connectivity index (χ1v) is 10.2. The first-order valence-electron chi connectivity index (χ1n) is 7.75. The molecule has 0 fully saturated rings. The Labute approximate surface area is 176 Å². The van der Waals surface area contributed by atoms with Crippen LogP contribution in [0.3, 0.4) is 0 Å². The van der Waals surface area contributed by atoms with E-state index in [1.807, 2.05) is 17.5 Å². The fourth-order valence-electron chi connectivity index (χ4n) is 2.43. The summed E-state index contributed by atoms with van der Waals surface area (Å²) in [4.78, 5) is 13.4. The number of hydrogen-bond acceptors (Lipinski definition) is 9. The maximum Gasteiger partial charge on any atom is 0.345 e. The quantitative estimate of drug-likeness (QED) is 0.384. The zero-order chi connectivity index (χ0) is 19.7. The van der Waals surface area contributed by atoms with Gasteiger partial charge in [0.25, 0.3) is 0 Å². The Kier molecular flexibility index (Phi) is 5.31. The third-order valence-corrected chi connectivity index (χ3v) is 6.17. The monoisotopic (exact) mass is 452 g/mol. The molecule has 0 saturated heterocycles. The van der Waals surface area contributed by atoms with Gasteiger partial charge in [-0.2, -0.15) is 0 Å². The fourth-order valence-corrected chi connectivity index (χ4v) is 4.54. The maximum absolute atomic E-state index is 12.4. The van der Waals surface area contributed by atoms with Gasteiger partial charge in [-0.15, -0.1) is 21.5 Å². The van der Waals surface area contributed by atoms with Crippen LogP contribution in [0.1, 0.15) is 10.4 Å². The Morgan fingerprint density at radius 1 is 1.18 bits per heavy atom. The van der Waals surface area contributed by atoms with Crippen LogP contribution in [0, 0.1) is 0 Å². The summed E-state index contributed by atoms with van der Waals surface area (Å²) in [5.41, 5.74) is 0.609. The molecule has 1 N–H and O–H groups in total. The lowest BCUT2D eigenvalue weighted by molar-refractivity contribution is 0.0602. The summed E-state index contributed by atoms with van der Waals surface area (Å²) >= 11 is 15.4. The predicted molar refractivity (Wildman–Crippen MR) is 110 cm³/mol. The molecule has 0 aliphatic heterocycles. The largest absolute Gasteiger partial charge is 0.465 e. The van der Waals surface area contributed by atoms with Gasteiger partial charge in [0.15, 0.2) is 10.6 Å². The molecule has 0 spiro atoms. The van der Waals surface area contributed by atoms with Gasteiger partial charge in [-0.05, 0) is 23.6 Å². The van der Waals surface area contributed by atoms with Gasteiger partial charge in [0.2, 0.25) is 11.0 Å². The number of halogens is 2. The second-order valence-electron chi connectivity index (χ2n) is 5.34. The molecule has 142 valence electrons. The van der Waals surface area contributed by atoms with Crippen molar-refractivity contribution in [3.8, 4) is 21.1 Å². The second-order valence-corrected chi connectivity index (χ2v) is 8.08. The van der Waals surface area contributed by atoms with Gasteiger partial charge in [-0.3, -0.25) is 5.32 Å². The van der Waals surface area contributed by atoms with Crippen LogP contribution in [0.4, 0.5) is 11.0 Å². The Morgan fingerprint density at radius 2 is 1.96 bits per heavy atom. The molecule has 0 aliphatic rings. The number of anilines is 2. The average Bonchev–Trinajstić information content (AvgIpc) is 3.42. The van der Waals surface area contributed by atoms with E-state index in [0.29, 0.717) is 20.7 Å². The van der Waals surface area contributed by atoms with E-state index < -0.39 is 5.97 Å². The summed E-state index contributed by atoms with van der Waals surface area (Å²) in [6.07, 6.45) is 0. The van der Waals surface area contributed by atoms with Crippen molar-refractivity contribution in [3.05, 3.63) is 51.3 Å². The fraction of sp³-hybridized carbons (Fsp3) is 0.0588. The molecule has 3 aromatic heterocycles. The molecular formula is C17H10Cl2N4O3S2. The van der Waals surface area contributed by atoms with E-state index >= 15 is 0 Å². The lowest BCUT2D eigenvalue weighted by atomic mass is 10.1. The van der Waals surface area contributed by atoms with E-state index in [9.17, 15) is 4.79 Å². The number of hydrogen-bond donors (Lipinski definition) is 1. The van der Waals surface area contributed by atoms with E-state index in [4.69, 9.17) is 32.5 Å². The van der Waals surface area contributed by atoms with Gasteiger partial charge in [-0.25, -0.2) is 4.79 Å². The van der Waals surface area contributed by atoms with Crippen LogP contribution in [0.15, 0.2) is 40.2 Å². The number of nitrogens with zero attached hydrogens (tertiary/aromatic N) is 3. The highest BCUT2D eigenvalue weighted by Gasteiger charge is 2.28. The summed E-state index contributed by atoms with van der Waals surface area (Å²) in [7, 11) is 1.26. The minimum atomic E-state index is -0.655. The third kappa shape index (κ3) is 3.49. The van der Waals surface area contributed by atoms with E-state index in [-0.39, 0.29) is 17.1 Å². The van der Waals surface area contributed by atoms with E-state index in [0.717, 1.165) is 9.88 Å². The van der Waals surface area contributed by atoms with E-state index in [1.165, 1.54) is 18.4 Å². The molecular weight excluding hydrogens is 443 g/mol. The molecule has 4 aromatic rings. The van der Waals surface area contributed by atoms with Crippen molar-refractivity contribution in [1.29, 1.82) is 0 Å². The normalized spacial score (nSPS) is 10.8. The molecule has 0 saturated carbocycles. The van der Waals surface area contributed by atoms with Crippen molar-refractivity contribution in [2.45, 2.75) is 0 Å². The van der Waals surface area contributed by atoms with Crippen molar-refractivity contribution < 1.29 is 14.1 Å². The molecule has 0 radical (unpaired) electrons. The number of esters is 1. The van der Waals surface area contributed by atoms with Crippen molar-refractivity contribution in [1.82, 2.24) is 15.4 Å². The molecule has 0 atom stereocenters. The highest BCUT2D eigenvalue weighted by atomic mass is 35.5. The van der Waals surface area contributed by atoms with Crippen LogP contribution in [-0.4, -0.2) is 28.4 Å². The van der Waals surface area contributed by atoms with Gasteiger partial charge in [0.05, 0.1) is 22.0 Å². The number of carbonyl (C=O) groups excluding carboxylic acids is 1. The van der Waals surface area contributed by atoms with Crippen molar-refractivity contribution in [3.63, 3.8) is 0 Å². The highest BCUT2D eigenvalue weighted by molar-refractivity contribution is 7.22. The Morgan fingerprint density at radius 3 is 2.64 bits per heavy atom. The molecule has 28 heavy (non-hydrogen) atoms. The first kappa shape index (κ1) is 18.9. The lowest BCUT2D eigenvalue weighted by Crippen LogP contribution is -2.05. The second kappa shape index (κ2) is 7.88. The van der Waals surface area contributed by atoms with Crippen LogP contribution in [0.2, 0.25) is 10.0 Å². The lowest BCUT2D eigenvalue weighted by Gasteiger charge is -2.06. The SMILES string of the molecule is COC(=O)c1c(-c2c(Cl)cccc2Cl)noc1Nc1nnc(-c2cccs2)s1. The number of methoxy groups -OCH3 is 1. The number of benzene rings is 1. The summed E-state index contributed by atoms with van der Waals surface area (Å²) in [5.74, 6) is -0.593. The molecule has 7 nitrogen and oxygen atoms in total. The topological polar surface area (TPSA) is 90.1 Å². The number of thiophene rings is 1. The summed E-state index contributed by atoms with van der Waals surface area (Å²) in [6.45, 7) is 0. The number of rotatable bonds is 5. The Hall–Kier alpha value is -2.46. The predicted octanol–water partition coefficient (Wildman–Crippen LogP) is 5.76. The molecule has 0 unspecified atom stereocenters. The minimum absolute atomic E-state index is 0.0605. The molecule has 3 heterocycles. The molecule has 4 rings (SSSR count). The number of carbonyl (C=O) groups is 1. The number of nitrogens with one attached hydrogen (secondary N) is 1. The van der Waals surface area contributed by atoms with Gasteiger partial charge in [-0.1, -0.05) is 51.8 Å². The van der Waals surface area contributed by atoms with Gasteiger partial charge < -0.3 is 9.26 Å². The van der Waals surface area contributed by atoms with Gasteiger partial charge in [0, 0.05) is 5.56 Å². The average molecular weight is 453 g/mol. The van der Waals surface area contributed by atoms with Crippen LogP contribution in [0.25, 0.3) is 21.1 Å². The van der Waals surface area contributed by atoms with Gasteiger partial charge >= 0.3 is 5.97 Å². The van der Waals surface area contributed by atoms with Crippen LogP contribution in [0.5, 0.6) is 0 Å². The standard InChI is InChI=1S/C17H10Cl2N4O3S2/c1-25-16(24)12-13(11-8(18)4-2-5-9(11)19)23-26-14(12)20-17-22-21-15(28-17)10-6-3-7-27-10/h2-7H,1H3,(H,20,22). The Balaban J connectivity index is 1.74. The number of aromatic nitrogens is 3. The zero-order valence-electron chi connectivity index (χ0n) is 14.1. The van der Waals surface area contributed by atoms with Crippen LogP contribution >= 0.6 is 45.9 Å². The zero-order valence-corrected chi connectivity index (χ0v) is 17.2. The molecule has 1 aromatic carbocycles. The molecule has 0 aliphatic carbocycles. The molecule has 0 bridgehead atoms. The summed E-state index contributed by atoms with van der Waals surface area (Å²) < 4.78 is 10.2. The minimum Gasteiger partial charge on any atom is -0.465 e. The highest BCUT2D eigenvalue weighted by Crippen LogP contribution is 2.40. The van der Waals surface area contributed by atoms with Gasteiger partial charge in [0.1, 0.15) is 5.69 Å².